The molecule has 2 rings (SSSR count). The van der Waals surface area contributed by atoms with E-state index in [0.717, 1.165) is 25.7 Å². The molecule has 0 spiro atoms. The number of hydrogen-bond donors (Lipinski definition) is 3. The first-order valence-electron chi connectivity index (χ1n) is 6.96. The van der Waals surface area contributed by atoms with Crippen molar-refractivity contribution in [1.29, 1.82) is 0 Å². The molecule has 0 aromatic carbocycles. The number of nitrogens with two attached hydrogens (primary N) is 2. The summed E-state index contributed by atoms with van der Waals surface area (Å²) in [6, 6.07) is 1.31. The van der Waals surface area contributed by atoms with Crippen molar-refractivity contribution in [2.24, 2.45) is 11.7 Å². The largest absolute Gasteiger partial charge is 0.383 e. The number of sulfonamides is 1. The van der Waals surface area contributed by atoms with Crippen LogP contribution in [-0.4, -0.2) is 25.5 Å². The number of anilines is 1. The number of rotatable bonds is 4. The van der Waals surface area contributed by atoms with Gasteiger partial charge in [-0.1, -0.05) is 31.4 Å². The summed E-state index contributed by atoms with van der Waals surface area (Å²) >= 11 is 5.83. The molecule has 2 unspecified atom stereocenters. The zero-order chi connectivity index (χ0) is 15.7. The molecule has 1 aromatic heterocycles. The smallest absolute Gasteiger partial charge is 0.244 e. The van der Waals surface area contributed by atoms with Gasteiger partial charge in [-0.3, -0.25) is 0 Å². The first-order valence-corrected chi connectivity index (χ1v) is 8.82. The van der Waals surface area contributed by atoms with Gasteiger partial charge >= 0.3 is 0 Å². The number of nitrogens with one attached hydrogen (secondary N) is 1. The van der Waals surface area contributed by atoms with Crippen LogP contribution in [0.3, 0.4) is 0 Å². The highest BCUT2D eigenvalue weighted by Gasteiger charge is 2.41. The molecule has 1 aliphatic rings. The van der Waals surface area contributed by atoms with Crippen LogP contribution in [0.5, 0.6) is 0 Å². The third kappa shape index (κ3) is 3.31. The molecule has 0 aliphatic heterocycles. The summed E-state index contributed by atoms with van der Waals surface area (Å²) in [4.78, 5) is 3.70. The Hall–Kier alpha value is -0.890. The van der Waals surface area contributed by atoms with Crippen LogP contribution < -0.4 is 16.2 Å². The number of nitrogens with zero attached hydrogens (tertiary/aromatic N) is 1. The van der Waals surface area contributed by atoms with Gasteiger partial charge in [0.15, 0.2) is 0 Å². The van der Waals surface area contributed by atoms with Crippen LogP contribution in [0.2, 0.25) is 5.02 Å². The lowest BCUT2D eigenvalue weighted by Crippen LogP contribution is -2.59. The van der Waals surface area contributed by atoms with Crippen molar-refractivity contribution in [1.82, 2.24) is 9.71 Å². The first-order chi connectivity index (χ1) is 9.81. The van der Waals surface area contributed by atoms with Gasteiger partial charge in [0.05, 0.1) is 5.02 Å². The highest BCUT2D eigenvalue weighted by Crippen LogP contribution is 2.34. The third-order valence-corrected chi connectivity index (χ3v) is 6.08. The quantitative estimate of drug-likeness (QED) is 0.773. The van der Waals surface area contributed by atoms with Crippen molar-refractivity contribution in [2.45, 2.75) is 43.0 Å². The SMILES string of the molecule is CC1CCCCC1(CN)NS(=O)(=O)c1cc(Cl)cnc1N. The maximum Gasteiger partial charge on any atom is 0.244 e. The molecule has 0 saturated heterocycles. The predicted molar refractivity (Wildman–Crippen MR) is 83.4 cm³/mol. The summed E-state index contributed by atoms with van der Waals surface area (Å²) in [5.41, 5.74) is 10.9. The normalized spacial score (nSPS) is 26.7. The third-order valence-electron chi connectivity index (χ3n) is 4.29. The van der Waals surface area contributed by atoms with E-state index in [-0.39, 0.29) is 28.2 Å². The van der Waals surface area contributed by atoms with Crippen LogP contribution in [0.1, 0.15) is 32.6 Å². The van der Waals surface area contributed by atoms with Gasteiger partial charge < -0.3 is 11.5 Å². The Kier molecular flexibility index (Phi) is 4.77. The molecule has 118 valence electrons. The fourth-order valence-electron chi connectivity index (χ4n) is 2.88. The second-order valence-corrected chi connectivity index (χ2v) is 7.74. The minimum absolute atomic E-state index is 0.0671. The van der Waals surface area contributed by atoms with Crippen molar-refractivity contribution in [3.05, 3.63) is 17.3 Å². The van der Waals surface area contributed by atoms with E-state index in [0.29, 0.717) is 0 Å². The van der Waals surface area contributed by atoms with E-state index in [2.05, 4.69) is 9.71 Å². The van der Waals surface area contributed by atoms with E-state index in [1.54, 1.807) is 0 Å². The average molecular weight is 333 g/mol. The van der Waals surface area contributed by atoms with Crippen molar-refractivity contribution in [3.63, 3.8) is 0 Å². The standard InChI is InChI=1S/C13H21ClN4O2S/c1-9-4-2-3-5-13(9,8-15)18-21(19,20)11-6-10(14)7-17-12(11)16/h6-7,9,18H,2-5,8,15H2,1H3,(H2,16,17). The Labute approximate surface area is 130 Å². The molecule has 0 bridgehead atoms. The molecule has 1 fully saturated rings. The Morgan fingerprint density at radius 2 is 2.24 bits per heavy atom. The molecular formula is C13H21ClN4O2S. The molecule has 0 radical (unpaired) electrons. The number of halogens is 1. The van der Waals surface area contributed by atoms with Crippen LogP contribution in [0.25, 0.3) is 0 Å². The topological polar surface area (TPSA) is 111 Å². The summed E-state index contributed by atoms with van der Waals surface area (Å²) in [5, 5.41) is 0.225. The molecule has 6 nitrogen and oxygen atoms in total. The number of aromatic nitrogens is 1. The van der Waals surface area contributed by atoms with Gasteiger partial charge in [0.25, 0.3) is 0 Å². The summed E-state index contributed by atoms with van der Waals surface area (Å²) in [6.45, 7) is 2.27. The molecule has 8 heteroatoms. The van der Waals surface area contributed by atoms with Gasteiger partial charge in [-0.2, -0.15) is 0 Å². The van der Waals surface area contributed by atoms with E-state index in [1.807, 2.05) is 6.92 Å². The number of hydrogen-bond acceptors (Lipinski definition) is 5. The van der Waals surface area contributed by atoms with E-state index in [9.17, 15) is 8.42 Å². The Morgan fingerprint density at radius 1 is 1.52 bits per heavy atom. The van der Waals surface area contributed by atoms with Crippen LogP contribution >= 0.6 is 11.6 Å². The molecule has 2 atom stereocenters. The maximum atomic E-state index is 12.6. The fourth-order valence-corrected chi connectivity index (χ4v) is 4.74. The van der Waals surface area contributed by atoms with Gasteiger partial charge in [-0.15, -0.1) is 0 Å². The Morgan fingerprint density at radius 3 is 2.86 bits per heavy atom. The van der Waals surface area contributed by atoms with Gasteiger partial charge in [-0.25, -0.2) is 18.1 Å². The molecular weight excluding hydrogens is 312 g/mol. The summed E-state index contributed by atoms with van der Waals surface area (Å²) < 4.78 is 28.0. The summed E-state index contributed by atoms with van der Waals surface area (Å²) in [7, 11) is -3.82. The monoisotopic (exact) mass is 332 g/mol. The van der Waals surface area contributed by atoms with Gasteiger partial charge in [0, 0.05) is 18.3 Å². The van der Waals surface area contributed by atoms with Crippen molar-refractivity contribution >= 4 is 27.4 Å². The van der Waals surface area contributed by atoms with Crippen molar-refractivity contribution in [2.75, 3.05) is 12.3 Å². The lowest BCUT2D eigenvalue weighted by Gasteiger charge is -2.42. The molecule has 0 amide bonds. The van der Waals surface area contributed by atoms with Gasteiger partial charge in [0.2, 0.25) is 10.0 Å². The average Bonchev–Trinajstić information content (AvgIpc) is 2.44. The highest BCUT2D eigenvalue weighted by molar-refractivity contribution is 7.89. The molecule has 21 heavy (non-hydrogen) atoms. The van der Waals surface area contributed by atoms with Crippen molar-refractivity contribution < 1.29 is 8.42 Å². The molecule has 1 heterocycles. The molecule has 1 aromatic rings. The van der Waals surface area contributed by atoms with E-state index in [1.165, 1.54) is 12.3 Å². The van der Waals surface area contributed by atoms with Gasteiger partial charge in [0.1, 0.15) is 10.7 Å². The number of pyridine rings is 1. The zero-order valence-corrected chi connectivity index (χ0v) is 13.5. The Bertz CT molecular complexity index is 623. The maximum absolute atomic E-state index is 12.6. The molecule has 1 aliphatic carbocycles. The van der Waals surface area contributed by atoms with E-state index >= 15 is 0 Å². The molecule has 5 N–H and O–H groups in total. The van der Waals surface area contributed by atoms with Crippen molar-refractivity contribution in [3.8, 4) is 0 Å². The molecule has 1 saturated carbocycles. The minimum Gasteiger partial charge on any atom is -0.383 e. The second-order valence-electron chi connectivity index (χ2n) is 5.65. The van der Waals surface area contributed by atoms with Gasteiger partial charge in [-0.05, 0) is 24.8 Å². The highest BCUT2D eigenvalue weighted by atomic mass is 35.5. The second kappa shape index (κ2) is 6.08. The summed E-state index contributed by atoms with van der Waals surface area (Å²) in [6.07, 6.45) is 5.03. The lowest BCUT2D eigenvalue weighted by molar-refractivity contribution is 0.191. The fraction of sp³-hybridized carbons (Fsp3) is 0.615. The zero-order valence-electron chi connectivity index (χ0n) is 12.0. The van der Waals surface area contributed by atoms with Crippen LogP contribution in [0, 0.1) is 5.92 Å². The van der Waals surface area contributed by atoms with E-state index in [4.69, 9.17) is 23.1 Å². The van der Waals surface area contributed by atoms with E-state index < -0.39 is 15.6 Å². The number of nitrogen functional groups attached to an aromatic ring is 1. The Balaban J connectivity index is 2.37. The predicted octanol–water partition coefficient (Wildman–Crippen LogP) is 1.50. The first kappa shape index (κ1) is 16.5. The summed E-state index contributed by atoms with van der Waals surface area (Å²) in [5.74, 6) is 0.0990. The minimum atomic E-state index is -3.82. The van der Waals surface area contributed by atoms with Crippen LogP contribution in [-0.2, 0) is 10.0 Å². The van der Waals surface area contributed by atoms with Crippen LogP contribution in [0.15, 0.2) is 17.2 Å². The lowest BCUT2D eigenvalue weighted by atomic mass is 9.74. The van der Waals surface area contributed by atoms with Crippen LogP contribution in [0.4, 0.5) is 5.82 Å².